The van der Waals surface area contributed by atoms with Gasteiger partial charge in [-0.05, 0) is 56.2 Å². The number of anilines is 1. The van der Waals surface area contributed by atoms with Crippen molar-refractivity contribution in [3.63, 3.8) is 0 Å². The van der Waals surface area contributed by atoms with Gasteiger partial charge >= 0.3 is 0 Å². The molecule has 4 rings (SSSR count). The Hall–Kier alpha value is -2.90. The number of benzene rings is 3. The highest BCUT2D eigenvalue weighted by Crippen LogP contribution is 2.29. The van der Waals surface area contributed by atoms with Crippen LogP contribution in [0.1, 0.15) is 16.7 Å². The maximum absolute atomic E-state index is 12.7. The number of nitrogens with one attached hydrogen (secondary N) is 1. The molecule has 1 N–H and O–H groups in total. The topological polar surface area (TPSA) is 59.8 Å². The average molecular weight is 507 g/mol. The van der Waals surface area contributed by atoms with Crippen LogP contribution < -0.4 is 5.32 Å². The zero-order valence-electron chi connectivity index (χ0n) is 18.1. The second kappa shape index (κ2) is 9.71. The number of amides is 1. The first-order valence-electron chi connectivity index (χ1n) is 10.2. The smallest absolute Gasteiger partial charge is 0.234 e. The number of hydrogen-bond acceptors (Lipinski definition) is 4. The molecule has 162 valence electrons. The van der Waals surface area contributed by atoms with Crippen LogP contribution >= 0.6 is 27.7 Å². The summed E-state index contributed by atoms with van der Waals surface area (Å²) in [7, 11) is 0. The van der Waals surface area contributed by atoms with Crippen molar-refractivity contribution in [1.82, 2.24) is 14.8 Å². The Bertz CT molecular complexity index is 1230. The van der Waals surface area contributed by atoms with E-state index in [-0.39, 0.29) is 11.7 Å². The largest absolute Gasteiger partial charge is 0.325 e. The van der Waals surface area contributed by atoms with Crippen molar-refractivity contribution in [2.75, 3.05) is 11.1 Å². The highest BCUT2D eigenvalue weighted by Gasteiger charge is 2.18. The van der Waals surface area contributed by atoms with Gasteiger partial charge in [0.2, 0.25) is 5.91 Å². The molecule has 5 nitrogen and oxygen atoms in total. The molecule has 0 atom stereocenters. The number of nitrogens with zero attached hydrogens (tertiary/aromatic N) is 3. The molecule has 0 saturated carbocycles. The van der Waals surface area contributed by atoms with Gasteiger partial charge in [-0.15, -0.1) is 10.2 Å². The van der Waals surface area contributed by atoms with Gasteiger partial charge in [0.15, 0.2) is 11.0 Å². The molecule has 0 radical (unpaired) electrons. The number of thioether (sulfide) groups is 1. The molecule has 0 unspecified atom stereocenters. The first-order valence-corrected chi connectivity index (χ1v) is 12.0. The predicted molar refractivity (Wildman–Crippen MR) is 135 cm³/mol. The van der Waals surface area contributed by atoms with Crippen LogP contribution in [0, 0.1) is 20.8 Å². The van der Waals surface area contributed by atoms with Gasteiger partial charge in [-0.2, -0.15) is 0 Å². The van der Waals surface area contributed by atoms with E-state index in [2.05, 4.69) is 50.5 Å². The van der Waals surface area contributed by atoms with Crippen molar-refractivity contribution in [3.8, 4) is 17.1 Å². The van der Waals surface area contributed by atoms with Crippen LogP contribution in [0.25, 0.3) is 17.1 Å². The summed E-state index contributed by atoms with van der Waals surface area (Å²) in [6.07, 6.45) is 0. The normalized spacial score (nSPS) is 10.9. The van der Waals surface area contributed by atoms with Crippen LogP contribution in [-0.2, 0) is 4.79 Å². The third kappa shape index (κ3) is 4.95. The molecule has 0 saturated heterocycles. The van der Waals surface area contributed by atoms with E-state index in [0.29, 0.717) is 5.16 Å². The van der Waals surface area contributed by atoms with Gasteiger partial charge in [0.05, 0.1) is 5.75 Å². The molecular formula is C25H23BrN4OS. The molecule has 7 heteroatoms. The molecule has 0 aliphatic rings. The first-order chi connectivity index (χ1) is 15.4. The highest BCUT2D eigenvalue weighted by molar-refractivity contribution is 9.10. The van der Waals surface area contributed by atoms with E-state index in [9.17, 15) is 4.79 Å². The van der Waals surface area contributed by atoms with Gasteiger partial charge in [0, 0.05) is 21.4 Å². The molecule has 3 aromatic carbocycles. The van der Waals surface area contributed by atoms with E-state index >= 15 is 0 Å². The van der Waals surface area contributed by atoms with Crippen molar-refractivity contribution in [2.45, 2.75) is 25.9 Å². The first kappa shape index (κ1) is 22.3. The number of rotatable bonds is 6. The Morgan fingerprint density at radius 2 is 1.62 bits per heavy atom. The molecule has 1 aromatic heterocycles. The number of carbonyl (C=O) groups is 1. The Labute approximate surface area is 200 Å². The lowest BCUT2D eigenvalue weighted by molar-refractivity contribution is -0.113. The van der Waals surface area contributed by atoms with Crippen LogP contribution in [0.3, 0.4) is 0 Å². The van der Waals surface area contributed by atoms with E-state index in [0.717, 1.165) is 38.4 Å². The maximum atomic E-state index is 12.7. The zero-order chi connectivity index (χ0) is 22.7. The molecule has 1 heterocycles. The van der Waals surface area contributed by atoms with Crippen LogP contribution in [-0.4, -0.2) is 26.4 Å². The Kier molecular flexibility index (Phi) is 6.77. The average Bonchev–Trinajstić information content (AvgIpc) is 3.20. The van der Waals surface area contributed by atoms with Gasteiger partial charge in [-0.25, -0.2) is 0 Å². The second-order valence-corrected chi connectivity index (χ2v) is 9.45. The Morgan fingerprint density at radius 1 is 0.969 bits per heavy atom. The number of hydrogen-bond donors (Lipinski definition) is 1. The van der Waals surface area contributed by atoms with Crippen molar-refractivity contribution in [1.29, 1.82) is 0 Å². The molecule has 0 fully saturated rings. The molecule has 0 bridgehead atoms. The molecule has 0 spiro atoms. The fourth-order valence-corrected chi connectivity index (χ4v) is 4.92. The quantitative estimate of drug-likeness (QED) is 0.309. The Morgan fingerprint density at radius 3 is 2.28 bits per heavy atom. The van der Waals surface area contributed by atoms with Gasteiger partial charge < -0.3 is 5.32 Å². The minimum absolute atomic E-state index is 0.0803. The molecule has 0 aliphatic heterocycles. The minimum atomic E-state index is -0.0803. The summed E-state index contributed by atoms with van der Waals surface area (Å²) in [5.41, 5.74) is 5.99. The third-order valence-corrected chi connectivity index (χ3v) is 6.44. The van der Waals surface area contributed by atoms with Crippen LogP contribution in [0.5, 0.6) is 0 Å². The lowest BCUT2D eigenvalue weighted by Crippen LogP contribution is -2.16. The highest BCUT2D eigenvalue weighted by atomic mass is 79.9. The standard InChI is InChI=1S/C25H23BrN4OS/c1-16-9-11-21(12-10-16)30-24(19-7-5-4-6-8-19)28-29-25(30)32-15-22(31)27-23-17(2)13-20(26)14-18(23)3/h4-14H,15H2,1-3H3,(H,27,31). The van der Waals surface area contributed by atoms with E-state index in [1.807, 2.05) is 73.0 Å². The monoisotopic (exact) mass is 506 g/mol. The van der Waals surface area contributed by atoms with Gasteiger partial charge in [0.1, 0.15) is 0 Å². The van der Waals surface area contributed by atoms with Crippen LogP contribution in [0.15, 0.2) is 76.4 Å². The number of halogens is 1. The minimum Gasteiger partial charge on any atom is -0.325 e. The molecule has 4 aromatic rings. The third-order valence-electron chi connectivity index (χ3n) is 5.05. The van der Waals surface area contributed by atoms with Crippen molar-refractivity contribution in [2.24, 2.45) is 0 Å². The van der Waals surface area contributed by atoms with E-state index < -0.39 is 0 Å². The Balaban J connectivity index is 1.59. The number of aryl methyl sites for hydroxylation is 3. The van der Waals surface area contributed by atoms with Crippen LogP contribution in [0.2, 0.25) is 0 Å². The summed E-state index contributed by atoms with van der Waals surface area (Å²) < 4.78 is 3.00. The van der Waals surface area contributed by atoms with Crippen molar-refractivity contribution in [3.05, 3.63) is 87.9 Å². The second-order valence-electron chi connectivity index (χ2n) is 7.59. The maximum Gasteiger partial charge on any atom is 0.234 e. The van der Waals surface area contributed by atoms with Crippen LogP contribution in [0.4, 0.5) is 5.69 Å². The fourth-order valence-electron chi connectivity index (χ4n) is 3.48. The molecular weight excluding hydrogens is 484 g/mol. The van der Waals surface area contributed by atoms with Crippen molar-refractivity contribution >= 4 is 39.3 Å². The summed E-state index contributed by atoms with van der Waals surface area (Å²) in [6, 6.07) is 22.2. The molecule has 32 heavy (non-hydrogen) atoms. The lowest BCUT2D eigenvalue weighted by atomic mass is 10.1. The summed E-state index contributed by atoms with van der Waals surface area (Å²) in [4.78, 5) is 12.7. The van der Waals surface area contributed by atoms with Gasteiger partial charge in [0.25, 0.3) is 0 Å². The summed E-state index contributed by atoms with van der Waals surface area (Å²) >= 11 is 4.87. The fraction of sp³-hybridized carbons (Fsp3) is 0.160. The van der Waals surface area contributed by atoms with E-state index in [1.165, 1.54) is 17.3 Å². The lowest BCUT2D eigenvalue weighted by Gasteiger charge is -2.13. The van der Waals surface area contributed by atoms with Gasteiger partial charge in [-0.1, -0.05) is 75.7 Å². The zero-order valence-corrected chi connectivity index (χ0v) is 20.5. The van der Waals surface area contributed by atoms with E-state index in [1.54, 1.807) is 0 Å². The summed E-state index contributed by atoms with van der Waals surface area (Å²) in [5, 5.41) is 12.6. The predicted octanol–water partition coefficient (Wildman–Crippen LogP) is 6.35. The molecule has 1 amide bonds. The summed E-state index contributed by atoms with van der Waals surface area (Å²) in [5.74, 6) is 0.897. The number of carbonyl (C=O) groups excluding carboxylic acids is 1. The van der Waals surface area contributed by atoms with E-state index in [4.69, 9.17) is 0 Å². The number of aromatic nitrogens is 3. The SMILES string of the molecule is Cc1ccc(-n2c(SCC(=O)Nc3c(C)cc(Br)cc3C)nnc2-c2ccccc2)cc1. The van der Waals surface area contributed by atoms with Gasteiger partial charge in [-0.3, -0.25) is 9.36 Å². The molecule has 0 aliphatic carbocycles. The summed E-state index contributed by atoms with van der Waals surface area (Å²) in [6.45, 7) is 6.03. The van der Waals surface area contributed by atoms with Crippen molar-refractivity contribution < 1.29 is 4.79 Å².